The molecule has 4 heteroatoms. The van der Waals surface area contributed by atoms with Crippen LogP contribution in [0.1, 0.15) is 10.4 Å². The molecule has 1 aromatic carbocycles. The average Bonchev–Trinajstić information content (AvgIpc) is 2.18. The standard InChI is InChI=1S/C10H5F2NO/c11-9-6-3-1-2-4-8(6)13-5-7(9)10(12)14/h1-5H. The molecule has 1 heterocycles. The number of rotatable bonds is 1. The summed E-state index contributed by atoms with van der Waals surface area (Å²) < 4.78 is 25.7. The molecule has 0 unspecified atom stereocenters. The van der Waals surface area contributed by atoms with Crippen LogP contribution in [0.3, 0.4) is 0 Å². The van der Waals surface area contributed by atoms with E-state index in [1.54, 1.807) is 18.2 Å². The number of aromatic nitrogens is 1. The highest BCUT2D eigenvalue weighted by atomic mass is 19.1. The molecular formula is C10H5F2NO. The van der Waals surface area contributed by atoms with Gasteiger partial charge >= 0.3 is 6.04 Å². The van der Waals surface area contributed by atoms with Gasteiger partial charge in [0, 0.05) is 11.6 Å². The number of carbonyl (C=O) groups is 1. The summed E-state index contributed by atoms with van der Waals surface area (Å²) in [4.78, 5) is 14.1. The van der Waals surface area contributed by atoms with Gasteiger partial charge in [-0.05, 0) is 12.1 Å². The van der Waals surface area contributed by atoms with E-state index in [1.807, 2.05) is 0 Å². The minimum Gasteiger partial charge on any atom is -0.255 e. The molecule has 0 aliphatic rings. The van der Waals surface area contributed by atoms with Crippen molar-refractivity contribution < 1.29 is 13.6 Å². The summed E-state index contributed by atoms with van der Waals surface area (Å²) in [5.41, 5.74) is -0.223. The molecule has 70 valence electrons. The van der Waals surface area contributed by atoms with Crippen LogP contribution in [0.4, 0.5) is 8.78 Å². The van der Waals surface area contributed by atoms with E-state index in [1.165, 1.54) is 6.07 Å². The largest absolute Gasteiger partial charge is 0.336 e. The molecule has 1 aromatic heterocycles. The minimum atomic E-state index is -1.80. The fourth-order valence-electron chi connectivity index (χ4n) is 1.24. The lowest BCUT2D eigenvalue weighted by molar-refractivity contribution is 0.0831. The Hall–Kier alpha value is -1.84. The Balaban J connectivity index is 2.81. The second kappa shape index (κ2) is 3.14. The number of hydrogen-bond donors (Lipinski definition) is 0. The molecule has 2 nitrogen and oxygen atoms in total. The summed E-state index contributed by atoms with van der Waals surface area (Å²) in [7, 11) is 0. The first kappa shape index (κ1) is 8.74. The maximum Gasteiger partial charge on any atom is 0.336 e. The number of carbonyl (C=O) groups excluding carboxylic acids is 1. The molecule has 0 aliphatic carbocycles. The third-order valence-electron chi connectivity index (χ3n) is 1.92. The summed E-state index contributed by atoms with van der Waals surface area (Å²) >= 11 is 0. The monoisotopic (exact) mass is 193 g/mol. The van der Waals surface area contributed by atoms with Gasteiger partial charge in [-0.2, -0.15) is 4.39 Å². The number of pyridine rings is 1. The molecule has 0 fully saturated rings. The van der Waals surface area contributed by atoms with Crippen molar-refractivity contribution in [3.05, 3.63) is 41.8 Å². The van der Waals surface area contributed by atoms with E-state index < -0.39 is 17.4 Å². The lowest BCUT2D eigenvalue weighted by atomic mass is 10.1. The summed E-state index contributed by atoms with van der Waals surface area (Å²) in [5, 5.41) is 0.149. The lowest BCUT2D eigenvalue weighted by Gasteiger charge is -2.00. The van der Waals surface area contributed by atoms with Crippen LogP contribution in [-0.4, -0.2) is 11.0 Å². The smallest absolute Gasteiger partial charge is 0.255 e. The zero-order chi connectivity index (χ0) is 10.1. The molecule has 0 N–H and O–H groups in total. The number of hydrogen-bond acceptors (Lipinski definition) is 2. The van der Waals surface area contributed by atoms with E-state index in [0.29, 0.717) is 5.52 Å². The average molecular weight is 193 g/mol. The molecule has 0 aliphatic heterocycles. The van der Waals surface area contributed by atoms with E-state index >= 15 is 0 Å². The Kier molecular flexibility index (Phi) is 1.96. The van der Waals surface area contributed by atoms with E-state index in [-0.39, 0.29) is 5.39 Å². The van der Waals surface area contributed by atoms with Crippen LogP contribution < -0.4 is 0 Å². The highest BCUT2D eigenvalue weighted by Crippen LogP contribution is 2.18. The molecule has 0 atom stereocenters. The van der Waals surface area contributed by atoms with Crippen molar-refractivity contribution in [3.63, 3.8) is 0 Å². The van der Waals surface area contributed by atoms with Gasteiger partial charge in [0.25, 0.3) is 0 Å². The normalized spacial score (nSPS) is 10.4. The Morgan fingerprint density at radius 2 is 2.00 bits per heavy atom. The maximum absolute atomic E-state index is 13.4. The molecule has 0 spiro atoms. The summed E-state index contributed by atoms with van der Waals surface area (Å²) in [6.07, 6.45) is 0.903. The van der Waals surface area contributed by atoms with Crippen LogP contribution in [0.25, 0.3) is 10.9 Å². The van der Waals surface area contributed by atoms with Gasteiger partial charge in [0.1, 0.15) is 11.4 Å². The molecule has 14 heavy (non-hydrogen) atoms. The maximum atomic E-state index is 13.4. The summed E-state index contributed by atoms with van der Waals surface area (Å²) in [6.45, 7) is 0. The SMILES string of the molecule is O=C(F)c1cnc2ccccc2c1F. The molecule has 0 bridgehead atoms. The molecule has 0 radical (unpaired) electrons. The van der Waals surface area contributed by atoms with Crippen LogP contribution in [0.5, 0.6) is 0 Å². The van der Waals surface area contributed by atoms with Crippen molar-refractivity contribution in [2.45, 2.75) is 0 Å². The van der Waals surface area contributed by atoms with Gasteiger partial charge in [-0.25, -0.2) is 4.39 Å². The Morgan fingerprint density at radius 1 is 1.29 bits per heavy atom. The number of para-hydroxylation sites is 1. The molecule has 0 saturated heterocycles. The first-order valence-corrected chi connectivity index (χ1v) is 3.93. The molecule has 0 amide bonds. The predicted molar refractivity (Wildman–Crippen MR) is 47.1 cm³/mol. The van der Waals surface area contributed by atoms with E-state index in [9.17, 15) is 13.6 Å². The van der Waals surface area contributed by atoms with Crippen LogP contribution in [-0.2, 0) is 0 Å². The summed E-state index contributed by atoms with van der Waals surface area (Å²) in [6, 6.07) is 4.51. The zero-order valence-corrected chi connectivity index (χ0v) is 7.00. The van der Waals surface area contributed by atoms with E-state index in [4.69, 9.17) is 0 Å². The highest BCUT2D eigenvalue weighted by molar-refractivity contribution is 5.93. The fourth-order valence-corrected chi connectivity index (χ4v) is 1.24. The van der Waals surface area contributed by atoms with Crippen LogP contribution in [0.2, 0.25) is 0 Å². The van der Waals surface area contributed by atoms with Gasteiger partial charge in [-0.15, -0.1) is 0 Å². The number of nitrogens with zero attached hydrogens (tertiary/aromatic N) is 1. The van der Waals surface area contributed by atoms with Crippen molar-refractivity contribution >= 4 is 16.9 Å². The fraction of sp³-hybridized carbons (Fsp3) is 0. The van der Waals surface area contributed by atoms with Gasteiger partial charge in [-0.1, -0.05) is 12.1 Å². The Morgan fingerprint density at radius 3 is 2.71 bits per heavy atom. The van der Waals surface area contributed by atoms with Crippen LogP contribution in [0, 0.1) is 5.82 Å². The van der Waals surface area contributed by atoms with Crippen LogP contribution >= 0.6 is 0 Å². The second-order valence-electron chi connectivity index (χ2n) is 2.78. The van der Waals surface area contributed by atoms with E-state index in [2.05, 4.69) is 4.98 Å². The minimum absolute atomic E-state index is 0.149. The zero-order valence-electron chi connectivity index (χ0n) is 7.00. The molecular weight excluding hydrogens is 188 g/mol. The first-order valence-electron chi connectivity index (χ1n) is 3.93. The third-order valence-corrected chi connectivity index (χ3v) is 1.92. The number of halogens is 2. The quantitative estimate of drug-likeness (QED) is 0.651. The van der Waals surface area contributed by atoms with E-state index in [0.717, 1.165) is 6.20 Å². The van der Waals surface area contributed by atoms with Crippen molar-refractivity contribution in [2.75, 3.05) is 0 Å². The predicted octanol–water partition coefficient (Wildman–Crippen LogP) is 2.48. The molecule has 0 saturated carbocycles. The Bertz CT molecular complexity index is 510. The van der Waals surface area contributed by atoms with Crippen molar-refractivity contribution in [2.24, 2.45) is 0 Å². The van der Waals surface area contributed by atoms with Crippen molar-refractivity contribution in [3.8, 4) is 0 Å². The van der Waals surface area contributed by atoms with Crippen LogP contribution in [0.15, 0.2) is 30.5 Å². The first-order chi connectivity index (χ1) is 6.70. The summed E-state index contributed by atoms with van der Waals surface area (Å²) in [5.74, 6) is -0.858. The van der Waals surface area contributed by atoms with Crippen molar-refractivity contribution in [1.29, 1.82) is 0 Å². The third kappa shape index (κ3) is 1.25. The highest BCUT2D eigenvalue weighted by Gasteiger charge is 2.13. The second-order valence-corrected chi connectivity index (χ2v) is 2.78. The van der Waals surface area contributed by atoms with Crippen molar-refractivity contribution in [1.82, 2.24) is 4.98 Å². The topological polar surface area (TPSA) is 30.0 Å². The van der Waals surface area contributed by atoms with Gasteiger partial charge in [0.2, 0.25) is 0 Å². The lowest BCUT2D eigenvalue weighted by Crippen LogP contribution is -1.97. The van der Waals surface area contributed by atoms with Gasteiger partial charge in [0.05, 0.1) is 5.52 Å². The molecule has 2 rings (SSSR count). The Labute approximate surface area is 78.2 Å². The number of benzene rings is 1. The van der Waals surface area contributed by atoms with Gasteiger partial charge < -0.3 is 0 Å². The molecule has 2 aromatic rings. The van der Waals surface area contributed by atoms with Gasteiger partial charge in [0.15, 0.2) is 0 Å². The number of fused-ring (bicyclic) bond motifs is 1. The van der Waals surface area contributed by atoms with Gasteiger partial charge in [-0.3, -0.25) is 9.78 Å².